The summed E-state index contributed by atoms with van der Waals surface area (Å²) in [6, 6.07) is 5.47. The van der Waals surface area contributed by atoms with Crippen molar-refractivity contribution >= 4 is 23.2 Å². The first-order chi connectivity index (χ1) is 9.08. The van der Waals surface area contributed by atoms with Gasteiger partial charge in [-0.1, -0.05) is 37.8 Å². The Balaban J connectivity index is 2.64. The summed E-state index contributed by atoms with van der Waals surface area (Å²) in [5.41, 5.74) is 1.39. The Morgan fingerprint density at radius 1 is 1.37 bits per heavy atom. The molecule has 0 heterocycles. The van der Waals surface area contributed by atoms with Gasteiger partial charge in [-0.25, -0.2) is 0 Å². The van der Waals surface area contributed by atoms with Crippen molar-refractivity contribution in [2.24, 2.45) is 0 Å². The fourth-order valence-electron chi connectivity index (χ4n) is 2.00. The van der Waals surface area contributed by atoms with E-state index >= 15 is 0 Å². The maximum Gasteiger partial charge on any atom is 0.253 e. The highest BCUT2D eigenvalue weighted by atomic mass is 35.5. The number of carbonyl (C=O) groups is 1. The summed E-state index contributed by atoms with van der Waals surface area (Å²) in [7, 11) is 1.80. The molecule has 0 aliphatic heterocycles. The van der Waals surface area contributed by atoms with Gasteiger partial charge in [-0.3, -0.25) is 4.79 Å². The van der Waals surface area contributed by atoms with Crippen molar-refractivity contribution in [3.8, 4) is 0 Å². The van der Waals surface area contributed by atoms with E-state index in [4.69, 9.17) is 11.6 Å². The van der Waals surface area contributed by atoms with E-state index in [1.165, 1.54) is 12.8 Å². The van der Waals surface area contributed by atoms with Crippen molar-refractivity contribution in [2.45, 2.75) is 45.6 Å². The molecule has 0 aliphatic carbocycles. The van der Waals surface area contributed by atoms with Crippen molar-refractivity contribution in [3.63, 3.8) is 0 Å². The summed E-state index contributed by atoms with van der Waals surface area (Å²) in [6.45, 7) is 4.21. The third kappa shape index (κ3) is 5.11. The predicted molar refractivity (Wildman–Crippen MR) is 82.1 cm³/mol. The van der Waals surface area contributed by atoms with Crippen molar-refractivity contribution in [1.29, 1.82) is 0 Å². The summed E-state index contributed by atoms with van der Waals surface area (Å²) in [6.07, 6.45) is 4.55. The molecule has 1 aromatic carbocycles. The minimum atomic E-state index is -0.0733. The standard InChI is InChI=1S/C15H23ClN2O/c1-4-5-6-7-11(2)18-15(19)13-10-12(16)8-9-14(13)17-3/h8-11,17H,4-7H2,1-3H3,(H,18,19). The van der Waals surface area contributed by atoms with Crippen LogP contribution in [-0.4, -0.2) is 19.0 Å². The van der Waals surface area contributed by atoms with E-state index in [9.17, 15) is 4.79 Å². The lowest BCUT2D eigenvalue weighted by Gasteiger charge is -2.15. The summed E-state index contributed by atoms with van der Waals surface area (Å²) in [4.78, 5) is 12.2. The molecule has 0 saturated carbocycles. The fraction of sp³-hybridized carbons (Fsp3) is 0.533. The Kier molecular flexibility index (Phi) is 6.71. The van der Waals surface area contributed by atoms with Crippen molar-refractivity contribution < 1.29 is 4.79 Å². The number of unbranched alkanes of at least 4 members (excludes halogenated alkanes) is 2. The van der Waals surface area contributed by atoms with Crippen molar-refractivity contribution in [1.82, 2.24) is 5.32 Å². The average Bonchev–Trinajstić information content (AvgIpc) is 2.39. The fourth-order valence-corrected chi connectivity index (χ4v) is 2.17. The van der Waals surface area contributed by atoms with Crippen LogP contribution in [-0.2, 0) is 0 Å². The zero-order valence-electron chi connectivity index (χ0n) is 11.9. The van der Waals surface area contributed by atoms with Gasteiger partial charge >= 0.3 is 0 Å². The van der Waals surface area contributed by atoms with Crippen LogP contribution in [0.15, 0.2) is 18.2 Å². The number of benzene rings is 1. The molecule has 0 aromatic heterocycles. The van der Waals surface area contributed by atoms with E-state index in [-0.39, 0.29) is 11.9 Å². The molecule has 19 heavy (non-hydrogen) atoms. The molecule has 1 atom stereocenters. The van der Waals surface area contributed by atoms with Crippen LogP contribution in [0.5, 0.6) is 0 Å². The van der Waals surface area contributed by atoms with E-state index in [1.54, 1.807) is 19.2 Å². The Morgan fingerprint density at radius 3 is 2.74 bits per heavy atom. The molecule has 1 rings (SSSR count). The molecule has 1 amide bonds. The monoisotopic (exact) mass is 282 g/mol. The number of amides is 1. The molecular weight excluding hydrogens is 260 g/mol. The van der Waals surface area contributed by atoms with Gasteiger partial charge in [0.05, 0.1) is 5.56 Å². The maximum absolute atomic E-state index is 12.2. The number of rotatable bonds is 7. The quantitative estimate of drug-likeness (QED) is 0.740. The normalized spacial score (nSPS) is 12.0. The zero-order chi connectivity index (χ0) is 14.3. The summed E-state index contributed by atoms with van der Waals surface area (Å²) in [5, 5.41) is 6.60. The maximum atomic E-state index is 12.2. The first kappa shape index (κ1) is 15.8. The van der Waals surface area contributed by atoms with Gasteiger partial charge in [0.15, 0.2) is 0 Å². The van der Waals surface area contributed by atoms with Gasteiger partial charge in [-0.15, -0.1) is 0 Å². The molecular formula is C15H23ClN2O. The average molecular weight is 283 g/mol. The van der Waals surface area contributed by atoms with E-state index in [1.807, 2.05) is 13.0 Å². The zero-order valence-corrected chi connectivity index (χ0v) is 12.7. The van der Waals surface area contributed by atoms with Crippen LogP contribution in [0.4, 0.5) is 5.69 Å². The van der Waals surface area contributed by atoms with E-state index in [2.05, 4.69) is 17.6 Å². The molecule has 0 aliphatic rings. The van der Waals surface area contributed by atoms with Gasteiger partial charge in [-0.2, -0.15) is 0 Å². The second-order valence-corrected chi connectivity index (χ2v) is 5.25. The Hall–Kier alpha value is -1.22. The Labute approximate surface area is 120 Å². The van der Waals surface area contributed by atoms with Crippen LogP contribution in [0, 0.1) is 0 Å². The lowest BCUT2D eigenvalue weighted by molar-refractivity contribution is 0.0938. The van der Waals surface area contributed by atoms with Gasteiger partial charge in [0.2, 0.25) is 0 Å². The molecule has 0 bridgehead atoms. The summed E-state index contributed by atoms with van der Waals surface area (Å²) < 4.78 is 0. The van der Waals surface area contributed by atoms with Crippen LogP contribution >= 0.6 is 11.6 Å². The van der Waals surface area contributed by atoms with Crippen LogP contribution in [0.1, 0.15) is 49.9 Å². The van der Waals surface area contributed by atoms with Gasteiger partial charge in [-0.05, 0) is 31.5 Å². The second kappa shape index (κ2) is 8.05. The third-order valence-electron chi connectivity index (χ3n) is 3.11. The number of carbonyl (C=O) groups excluding carboxylic acids is 1. The molecule has 0 fully saturated rings. The molecule has 4 heteroatoms. The molecule has 1 aromatic rings. The third-order valence-corrected chi connectivity index (χ3v) is 3.35. The predicted octanol–water partition coefficient (Wildman–Crippen LogP) is 4.08. The lowest BCUT2D eigenvalue weighted by Crippen LogP contribution is -2.32. The Morgan fingerprint density at radius 2 is 2.11 bits per heavy atom. The van der Waals surface area contributed by atoms with E-state index in [0.717, 1.165) is 18.5 Å². The SMILES string of the molecule is CCCCCC(C)NC(=O)c1cc(Cl)ccc1NC. The van der Waals surface area contributed by atoms with E-state index < -0.39 is 0 Å². The number of anilines is 1. The Bertz CT molecular complexity index is 421. The number of hydrogen-bond donors (Lipinski definition) is 2. The minimum Gasteiger partial charge on any atom is -0.387 e. The topological polar surface area (TPSA) is 41.1 Å². The first-order valence-electron chi connectivity index (χ1n) is 6.86. The van der Waals surface area contributed by atoms with Crippen LogP contribution in [0.2, 0.25) is 5.02 Å². The number of nitrogens with one attached hydrogen (secondary N) is 2. The van der Waals surface area contributed by atoms with Gasteiger partial charge in [0, 0.05) is 23.8 Å². The summed E-state index contributed by atoms with van der Waals surface area (Å²) in [5.74, 6) is -0.0733. The van der Waals surface area contributed by atoms with Gasteiger partial charge in [0.25, 0.3) is 5.91 Å². The highest BCUT2D eigenvalue weighted by Gasteiger charge is 2.13. The van der Waals surface area contributed by atoms with Gasteiger partial charge < -0.3 is 10.6 Å². The molecule has 0 spiro atoms. The lowest BCUT2D eigenvalue weighted by atomic mass is 10.1. The highest BCUT2D eigenvalue weighted by molar-refractivity contribution is 6.31. The molecule has 106 valence electrons. The van der Waals surface area contributed by atoms with E-state index in [0.29, 0.717) is 10.6 Å². The van der Waals surface area contributed by atoms with Crippen LogP contribution in [0.3, 0.4) is 0 Å². The van der Waals surface area contributed by atoms with Crippen molar-refractivity contribution in [3.05, 3.63) is 28.8 Å². The highest BCUT2D eigenvalue weighted by Crippen LogP contribution is 2.20. The minimum absolute atomic E-state index is 0.0733. The van der Waals surface area contributed by atoms with Crippen LogP contribution < -0.4 is 10.6 Å². The first-order valence-corrected chi connectivity index (χ1v) is 7.24. The summed E-state index contributed by atoms with van der Waals surface area (Å²) >= 11 is 5.95. The largest absolute Gasteiger partial charge is 0.387 e. The molecule has 1 unspecified atom stereocenters. The molecule has 2 N–H and O–H groups in total. The smallest absolute Gasteiger partial charge is 0.253 e. The number of halogens is 1. The number of hydrogen-bond acceptors (Lipinski definition) is 2. The van der Waals surface area contributed by atoms with Crippen molar-refractivity contribution in [2.75, 3.05) is 12.4 Å². The van der Waals surface area contributed by atoms with Gasteiger partial charge in [0.1, 0.15) is 0 Å². The second-order valence-electron chi connectivity index (χ2n) is 4.81. The molecule has 0 saturated heterocycles. The van der Waals surface area contributed by atoms with Crippen LogP contribution in [0.25, 0.3) is 0 Å². The molecule has 0 radical (unpaired) electrons. The molecule has 3 nitrogen and oxygen atoms in total.